The van der Waals surface area contributed by atoms with Crippen LogP contribution in [0.2, 0.25) is 0 Å². The third kappa shape index (κ3) is 5.75. The van der Waals surface area contributed by atoms with Crippen molar-refractivity contribution in [2.24, 2.45) is 0 Å². The summed E-state index contributed by atoms with van der Waals surface area (Å²) < 4.78 is 22.8. The summed E-state index contributed by atoms with van der Waals surface area (Å²) in [5.74, 6) is 1.66. The third-order valence-corrected chi connectivity index (χ3v) is 5.93. The average Bonchev–Trinajstić information content (AvgIpc) is 2.93. The first-order valence-corrected chi connectivity index (χ1v) is 12.6. The molecule has 0 spiro atoms. The fraction of sp³-hybridized carbons (Fsp3) is 0.267. The van der Waals surface area contributed by atoms with E-state index >= 15 is 0 Å². The molecule has 198 valence electrons. The van der Waals surface area contributed by atoms with Crippen LogP contribution in [0.25, 0.3) is 10.9 Å². The first-order chi connectivity index (χ1) is 18.5. The molecule has 0 unspecified atom stereocenters. The lowest BCUT2D eigenvalue weighted by molar-refractivity contribution is 0.0984. The van der Waals surface area contributed by atoms with Gasteiger partial charge in [-0.05, 0) is 69.3 Å². The Labute approximate surface area is 221 Å². The smallest absolute Gasteiger partial charge is 0.258 e. The van der Waals surface area contributed by atoms with Crippen LogP contribution in [-0.4, -0.2) is 37.8 Å². The predicted molar refractivity (Wildman–Crippen MR) is 148 cm³/mol. The minimum Gasteiger partial charge on any atom is -0.497 e. The van der Waals surface area contributed by atoms with Crippen LogP contribution in [0.3, 0.4) is 0 Å². The van der Waals surface area contributed by atoms with E-state index in [1.54, 1.807) is 42.3 Å². The van der Waals surface area contributed by atoms with E-state index in [0.29, 0.717) is 65.1 Å². The van der Waals surface area contributed by atoms with E-state index < -0.39 is 0 Å². The molecule has 1 heterocycles. The van der Waals surface area contributed by atoms with Crippen LogP contribution in [0, 0.1) is 0 Å². The van der Waals surface area contributed by atoms with Crippen molar-refractivity contribution in [2.45, 2.75) is 27.3 Å². The number of amides is 1. The Kier molecular flexibility index (Phi) is 8.53. The largest absolute Gasteiger partial charge is 0.497 e. The maximum Gasteiger partial charge on any atom is 0.258 e. The molecule has 8 nitrogen and oxygen atoms in total. The highest BCUT2D eigenvalue weighted by molar-refractivity contribution is 6.06. The molecule has 0 bridgehead atoms. The maximum atomic E-state index is 14.0. The van der Waals surface area contributed by atoms with Crippen LogP contribution >= 0.6 is 0 Å². The Morgan fingerprint density at radius 3 is 2.11 bits per heavy atom. The van der Waals surface area contributed by atoms with E-state index in [1.165, 1.54) is 0 Å². The Morgan fingerprint density at radius 1 is 0.842 bits per heavy atom. The van der Waals surface area contributed by atoms with Gasteiger partial charge in [-0.25, -0.2) is 0 Å². The number of pyridine rings is 1. The second-order valence-corrected chi connectivity index (χ2v) is 8.40. The molecule has 0 radical (unpaired) electrons. The molecule has 4 aromatic rings. The monoisotopic (exact) mass is 516 g/mol. The molecule has 1 N–H and O–H groups in total. The van der Waals surface area contributed by atoms with Gasteiger partial charge in [-0.2, -0.15) is 0 Å². The topological polar surface area (TPSA) is 90.1 Å². The van der Waals surface area contributed by atoms with E-state index in [1.807, 2.05) is 57.2 Å². The highest BCUT2D eigenvalue weighted by Gasteiger charge is 2.24. The first kappa shape index (κ1) is 26.6. The van der Waals surface area contributed by atoms with Gasteiger partial charge < -0.3 is 28.8 Å². The Morgan fingerprint density at radius 2 is 1.50 bits per heavy atom. The lowest BCUT2D eigenvalue weighted by Crippen LogP contribution is -2.33. The highest BCUT2D eigenvalue weighted by Crippen LogP contribution is 2.40. The number of nitrogens with one attached hydrogen (secondary N) is 1. The molecule has 3 aromatic carbocycles. The normalized spacial score (nSPS) is 10.7. The standard InChI is InChI=1S/C30H32N2O6/c1-5-36-26-17-21(18-27(37-6-2)28(26)38-7-3)30(34)32(23-11-9-8-10-12-23)19-22-15-20-16-24(35-4)13-14-25(20)31-29(22)33/h8-18H,5-7,19H2,1-4H3,(H,31,33). The number of carbonyl (C=O) groups excluding carboxylic acids is 1. The zero-order valence-electron chi connectivity index (χ0n) is 22.1. The number of aromatic amines is 1. The van der Waals surface area contributed by atoms with Gasteiger partial charge >= 0.3 is 0 Å². The lowest BCUT2D eigenvalue weighted by atomic mass is 10.1. The summed E-state index contributed by atoms with van der Waals surface area (Å²) in [4.78, 5) is 31.6. The van der Waals surface area contributed by atoms with Crippen LogP contribution in [0.5, 0.6) is 23.0 Å². The van der Waals surface area contributed by atoms with Crippen LogP contribution in [0.4, 0.5) is 5.69 Å². The Bertz CT molecular complexity index is 1440. The van der Waals surface area contributed by atoms with E-state index in [4.69, 9.17) is 18.9 Å². The van der Waals surface area contributed by atoms with Crippen molar-refractivity contribution in [2.75, 3.05) is 31.8 Å². The number of fused-ring (bicyclic) bond motifs is 1. The average molecular weight is 517 g/mol. The molecule has 0 aliphatic heterocycles. The fourth-order valence-corrected chi connectivity index (χ4v) is 4.20. The van der Waals surface area contributed by atoms with Crippen molar-refractivity contribution in [3.8, 4) is 23.0 Å². The molecular weight excluding hydrogens is 484 g/mol. The third-order valence-electron chi connectivity index (χ3n) is 5.93. The molecule has 0 aliphatic rings. The SMILES string of the molecule is CCOc1cc(C(=O)N(Cc2cc3cc(OC)ccc3[nH]c2=O)c2ccccc2)cc(OCC)c1OCC. The summed E-state index contributed by atoms with van der Waals surface area (Å²) in [7, 11) is 1.59. The maximum absolute atomic E-state index is 14.0. The number of benzene rings is 3. The van der Waals surface area contributed by atoms with Gasteiger partial charge in [-0.1, -0.05) is 18.2 Å². The molecular formula is C30H32N2O6. The fourth-order valence-electron chi connectivity index (χ4n) is 4.20. The van der Waals surface area contributed by atoms with Crippen molar-refractivity contribution in [1.82, 2.24) is 4.98 Å². The van der Waals surface area contributed by atoms with Gasteiger partial charge in [0.05, 0.1) is 33.5 Å². The molecule has 38 heavy (non-hydrogen) atoms. The van der Waals surface area contributed by atoms with Gasteiger partial charge in [0, 0.05) is 27.7 Å². The summed E-state index contributed by atoms with van der Waals surface area (Å²) in [5, 5.41) is 0.803. The second kappa shape index (κ2) is 12.2. The number of para-hydroxylation sites is 1. The van der Waals surface area contributed by atoms with Crippen molar-refractivity contribution >= 4 is 22.5 Å². The zero-order valence-corrected chi connectivity index (χ0v) is 22.1. The number of carbonyl (C=O) groups is 1. The van der Waals surface area contributed by atoms with Crippen LogP contribution in [0.15, 0.2) is 71.5 Å². The number of nitrogens with zero attached hydrogens (tertiary/aromatic N) is 1. The van der Waals surface area contributed by atoms with Gasteiger partial charge in [0.2, 0.25) is 5.75 Å². The quantitative estimate of drug-likeness (QED) is 0.280. The first-order valence-electron chi connectivity index (χ1n) is 12.6. The second-order valence-electron chi connectivity index (χ2n) is 8.40. The summed E-state index contributed by atoms with van der Waals surface area (Å²) in [6.45, 7) is 6.84. The van der Waals surface area contributed by atoms with Crippen LogP contribution < -0.4 is 29.4 Å². The minimum atomic E-state index is -0.314. The van der Waals surface area contributed by atoms with Gasteiger partial charge in [0.25, 0.3) is 11.5 Å². The molecule has 1 aromatic heterocycles. The van der Waals surface area contributed by atoms with Crippen molar-refractivity contribution in [1.29, 1.82) is 0 Å². The predicted octanol–water partition coefficient (Wildman–Crippen LogP) is 5.58. The number of H-pyrrole nitrogens is 1. The minimum absolute atomic E-state index is 0.0481. The van der Waals surface area contributed by atoms with E-state index in [0.717, 1.165) is 5.39 Å². The summed E-state index contributed by atoms with van der Waals surface area (Å²) >= 11 is 0. The molecule has 0 fully saturated rings. The van der Waals surface area contributed by atoms with Crippen molar-refractivity contribution in [3.05, 3.63) is 88.2 Å². The lowest BCUT2D eigenvalue weighted by Gasteiger charge is -2.24. The molecule has 0 atom stereocenters. The van der Waals surface area contributed by atoms with Gasteiger partial charge in [-0.3, -0.25) is 9.59 Å². The summed E-state index contributed by atoms with van der Waals surface area (Å²) in [5.41, 5.74) is 1.85. The molecule has 8 heteroatoms. The van der Waals surface area contributed by atoms with Crippen LogP contribution in [-0.2, 0) is 6.54 Å². The number of anilines is 1. The van der Waals surface area contributed by atoms with E-state index in [2.05, 4.69) is 4.98 Å². The number of rotatable bonds is 11. The molecule has 1 amide bonds. The van der Waals surface area contributed by atoms with Gasteiger partial charge in [-0.15, -0.1) is 0 Å². The molecule has 0 saturated carbocycles. The highest BCUT2D eigenvalue weighted by atomic mass is 16.5. The van der Waals surface area contributed by atoms with Gasteiger partial charge in [0.1, 0.15) is 5.75 Å². The summed E-state index contributed by atoms with van der Waals surface area (Å²) in [6, 6.07) is 19.8. The van der Waals surface area contributed by atoms with E-state index in [-0.39, 0.29) is 18.0 Å². The Hall–Kier alpha value is -4.46. The molecule has 0 saturated heterocycles. The molecule has 0 aliphatic carbocycles. The zero-order chi connectivity index (χ0) is 27.1. The van der Waals surface area contributed by atoms with Gasteiger partial charge in [0.15, 0.2) is 11.5 Å². The number of ether oxygens (including phenoxy) is 4. The number of hydrogen-bond acceptors (Lipinski definition) is 6. The van der Waals surface area contributed by atoms with Crippen molar-refractivity contribution < 1.29 is 23.7 Å². The number of aromatic nitrogens is 1. The van der Waals surface area contributed by atoms with E-state index in [9.17, 15) is 9.59 Å². The Balaban J connectivity index is 1.81. The van der Waals surface area contributed by atoms with Crippen LogP contribution in [0.1, 0.15) is 36.7 Å². The molecule has 4 rings (SSSR count). The van der Waals surface area contributed by atoms with Crippen molar-refractivity contribution in [3.63, 3.8) is 0 Å². The number of hydrogen-bond donors (Lipinski definition) is 1. The summed E-state index contributed by atoms with van der Waals surface area (Å²) in [6.07, 6.45) is 0. The number of methoxy groups -OCH3 is 1.